The van der Waals surface area contributed by atoms with Gasteiger partial charge in [-0.1, -0.05) is 99.5 Å². The van der Waals surface area contributed by atoms with Crippen LogP contribution in [0.4, 0.5) is 14.0 Å². The van der Waals surface area contributed by atoms with Crippen LogP contribution in [0.25, 0.3) is 0 Å². The van der Waals surface area contributed by atoms with Crippen LogP contribution in [0.5, 0.6) is 0 Å². The van der Waals surface area contributed by atoms with Gasteiger partial charge in [-0.05, 0) is 67.3 Å². The molecule has 2 amide bonds. The molecule has 5 atom stereocenters. The van der Waals surface area contributed by atoms with E-state index in [4.69, 9.17) is 9.47 Å². The van der Waals surface area contributed by atoms with E-state index in [9.17, 15) is 23.9 Å². The van der Waals surface area contributed by atoms with Crippen molar-refractivity contribution in [1.82, 2.24) is 9.80 Å². The number of aliphatic hydroxyl groups excluding tert-OH is 1. The third kappa shape index (κ3) is 9.88. The van der Waals surface area contributed by atoms with Crippen LogP contribution in [-0.4, -0.2) is 57.5 Å². The van der Waals surface area contributed by atoms with Gasteiger partial charge in [0, 0.05) is 12.1 Å². The number of rotatable bonds is 11. The SMILES string of the molecule is CCC[C@@H]1CC[C@H](C=O)N1C(=O)OCc1ccccc1.CCC[C@@H]1CC[C@H]([C@H](O)c2cccc(F)c2)N1C(=O)OCc1ccccc1. The molecule has 5 rings (SSSR count). The molecule has 47 heavy (non-hydrogen) atoms. The zero-order chi connectivity index (χ0) is 33.6. The van der Waals surface area contributed by atoms with Crippen LogP contribution in [0.2, 0.25) is 0 Å². The van der Waals surface area contributed by atoms with Gasteiger partial charge in [0.05, 0.1) is 18.2 Å². The van der Waals surface area contributed by atoms with Crippen molar-refractivity contribution >= 4 is 18.5 Å². The molecular weight excluding hydrogens is 599 g/mol. The maximum Gasteiger partial charge on any atom is 0.410 e. The van der Waals surface area contributed by atoms with E-state index >= 15 is 0 Å². The average Bonchev–Trinajstić information content (AvgIpc) is 3.71. The Balaban J connectivity index is 0.000000223. The van der Waals surface area contributed by atoms with Gasteiger partial charge in [-0.3, -0.25) is 9.80 Å². The minimum atomic E-state index is -0.938. The summed E-state index contributed by atoms with van der Waals surface area (Å²) in [6.45, 7) is 4.60. The summed E-state index contributed by atoms with van der Waals surface area (Å²) in [6.07, 6.45) is 5.95. The van der Waals surface area contributed by atoms with Gasteiger partial charge in [-0.2, -0.15) is 0 Å². The molecule has 2 aliphatic heterocycles. The molecule has 0 aromatic heterocycles. The fourth-order valence-electron chi connectivity index (χ4n) is 6.57. The van der Waals surface area contributed by atoms with Crippen LogP contribution in [0.15, 0.2) is 84.9 Å². The summed E-state index contributed by atoms with van der Waals surface area (Å²) in [4.78, 5) is 39.4. The van der Waals surface area contributed by atoms with Crippen LogP contribution in [-0.2, 0) is 27.5 Å². The molecule has 2 heterocycles. The Kier molecular flexibility index (Phi) is 13.8. The van der Waals surface area contributed by atoms with Crippen molar-refractivity contribution in [2.24, 2.45) is 0 Å². The Morgan fingerprint density at radius 2 is 1.32 bits per heavy atom. The molecule has 2 aliphatic rings. The van der Waals surface area contributed by atoms with Gasteiger partial charge in [-0.25, -0.2) is 14.0 Å². The van der Waals surface area contributed by atoms with E-state index in [1.807, 2.05) is 60.7 Å². The minimum Gasteiger partial charge on any atom is -0.445 e. The lowest BCUT2D eigenvalue weighted by Crippen LogP contribution is -2.44. The summed E-state index contributed by atoms with van der Waals surface area (Å²) in [5, 5.41) is 10.8. The second kappa shape index (κ2) is 18.2. The second-order valence-electron chi connectivity index (χ2n) is 12.2. The lowest BCUT2D eigenvalue weighted by molar-refractivity contribution is -0.111. The molecule has 0 aliphatic carbocycles. The fourth-order valence-corrected chi connectivity index (χ4v) is 6.57. The summed E-state index contributed by atoms with van der Waals surface area (Å²) in [5.74, 6) is -0.396. The molecular formula is C38H47FN2O6. The number of aldehydes is 1. The van der Waals surface area contributed by atoms with Crippen molar-refractivity contribution < 1.29 is 33.4 Å². The summed E-state index contributed by atoms with van der Waals surface area (Å²) in [7, 11) is 0. The van der Waals surface area contributed by atoms with Gasteiger partial charge < -0.3 is 19.4 Å². The van der Waals surface area contributed by atoms with Crippen LogP contribution >= 0.6 is 0 Å². The average molecular weight is 647 g/mol. The van der Waals surface area contributed by atoms with Crippen molar-refractivity contribution in [3.63, 3.8) is 0 Å². The number of halogens is 1. The lowest BCUT2D eigenvalue weighted by Gasteiger charge is -2.32. The Morgan fingerprint density at radius 3 is 1.85 bits per heavy atom. The summed E-state index contributed by atoms with van der Waals surface area (Å²) in [6, 6.07) is 24.5. The molecule has 1 N–H and O–H groups in total. The zero-order valence-electron chi connectivity index (χ0n) is 27.4. The molecule has 2 saturated heterocycles. The lowest BCUT2D eigenvalue weighted by atomic mass is 10.0. The topological polar surface area (TPSA) is 96.4 Å². The Bertz CT molecular complexity index is 1410. The second-order valence-corrected chi connectivity index (χ2v) is 12.2. The molecule has 8 nitrogen and oxygen atoms in total. The monoisotopic (exact) mass is 646 g/mol. The molecule has 252 valence electrons. The van der Waals surface area contributed by atoms with E-state index in [0.29, 0.717) is 12.0 Å². The number of nitrogens with zero attached hydrogens (tertiary/aromatic N) is 2. The van der Waals surface area contributed by atoms with E-state index in [2.05, 4.69) is 13.8 Å². The molecule has 0 unspecified atom stereocenters. The number of ether oxygens (including phenoxy) is 2. The fraction of sp³-hybridized carbons (Fsp3) is 0.447. The molecule has 3 aromatic rings. The van der Waals surface area contributed by atoms with E-state index in [-0.39, 0.29) is 37.4 Å². The maximum absolute atomic E-state index is 13.6. The number of likely N-dealkylation sites (tertiary alicyclic amines) is 2. The van der Waals surface area contributed by atoms with E-state index in [0.717, 1.165) is 62.4 Å². The Hall–Kier alpha value is -4.24. The number of carbonyl (C=O) groups is 3. The van der Waals surface area contributed by atoms with Gasteiger partial charge in [0.1, 0.15) is 25.3 Å². The highest BCUT2D eigenvalue weighted by Gasteiger charge is 2.41. The van der Waals surface area contributed by atoms with Gasteiger partial charge in [0.25, 0.3) is 0 Å². The first-order valence-corrected chi connectivity index (χ1v) is 16.7. The highest BCUT2D eigenvalue weighted by atomic mass is 19.1. The zero-order valence-corrected chi connectivity index (χ0v) is 27.4. The number of benzene rings is 3. The number of hydrogen-bond acceptors (Lipinski definition) is 6. The van der Waals surface area contributed by atoms with Crippen LogP contribution < -0.4 is 0 Å². The van der Waals surface area contributed by atoms with E-state index in [1.54, 1.807) is 21.9 Å². The largest absolute Gasteiger partial charge is 0.445 e. The third-order valence-corrected chi connectivity index (χ3v) is 8.88. The van der Waals surface area contributed by atoms with Crippen molar-refractivity contribution in [3.05, 3.63) is 107 Å². The summed E-state index contributed by atoms with van der Waals surface area (Å²) in [5.41, 5.74) is 2.35. The Morgan fingerprint density at radius 1 is 0.787 bits per heavy atom. The van der Waals surface area contributed by atoms with Gasteiger partial charge in [0.15, 0.2) is 0 Å². The van der Waals surface area contributed by atoms with Crippen LogP contribution in [0.1, 0.15) is 88.0 Å². The minimum absolute atomic E-state index is 0.0338. The molecule has 2 fully saturated rings. The predicted octanol–water partition coefficient (Wildman–Crippen LogP) is 7.98. The highest BCUT2D eigenvalue weighted by molar-refractivity contribution is 5.74. The van der Waals surface area contributed by atoms with E-state index < -0.39 is 24.1 Å². The quantitative estimate of drug-likeness (QED) is 0.212. The van der Waals surface area contributed by atoms with Crippen molar-refractivity contribution in [2.75, 3.05) is 0 Å². The summed E-state index contributed by atoms with van der Waals surface area (Å²) < 4.78 is 24.4. The Labute approximate surface area is 277 Å². The molecule has 0 radical (unpaired) electrons. The number of aliphatic hydroxyl groups is 1. The summed E-state index contributed by atoms with van der Waals surface area (Å²) >= 11 is 0. The van der Waals surface area contributed by atoms with E-state index in [1.165, 1.54) is 12.1 Å². The molecule has 9 heteroatoms. The van der Waals surface area contributed by atoms with Gasteiger partial charge in [-0.15, -0.1) is 0 Å². The van der Waals surface area contributed by atoms with Crippen molar-refractivity contribution in [1.29, 1.82) is 0 Å². The highest BCUT2D eigenvalue weighted by Crippen LogP contribution is 2.36. The standard InChI is InChI=1S/C22H26FNO3.C16H21NO3/c1-2-7-19-12-13-20(21(25)17-10-6-11-18(23)14-17)24(19)22(26)27-15-16-8-4-3-5-9-16;1-2-6-14-9-10-15(11-18)17(14)16(19)20-12-13-7-4-3-5-8-13/h3-6,8-11,14,19-21,25H,2,7,12-13,15H2,1H3;3-5,7-8,11,14-15H,2,6,9-10,12H2,1H3/t19-,20-,21-;14-,15-/m11/s1. The third-order valence-electron chi connectivity index (χ3n) is 8.88. The predicted molar refractivity (Wildman–Crippen MR) is 178 cm³/mol. The first kappa shape index (κ1) is 35.6. The molecule has 3 aromatic carbocycles. The molecule has 0 spiro atoms. The molecule has 0 bridgehead atoms. The van der Waals surface area contributed by atoms with Crippen molar-refractivity contribution in [3.8, 4) is 0 Å². The first-order chi connectivity index (χ1) is 22.9. The maximum atomic E-state index is 13.6. The normalized spacial score (nSPS) is 21.0. The number of carbonyl (C=O) groups excluding carboxylic acids is 3. The van der Waals surface area contributed by atoms with Crippen LogP contribution in [0.3, 0.4) is 0 Å². The number of hydrogen-bond donors (Lipinski definition) is 1. The number of amides is 2. The smallest absolute Gasteiger partial charge is 0.410 e. The van der Waals surface area contributed by atoms with Gasteiger partial charge in [0.2, 0.25) is 0 Å². The molecule has 0 saturated carbocycles. The van der Waals surface area contributed by atoms with Crippen LogP contribution in [0, 0.1) is 5.82 Å². The van der Waals surface area contributed by atoms with Gasteiger partial charge >= 0.3 is 12.2 Å². The first-order valence-electron chi connectivity index (χ1n) is 16.7. The van der Waals surface area contributed by atoms with Crippen molar-refractivity contribution in [2.45, 2.75) is 109 Å².